The van der Waals surface area contributed by atoms with E-state index in [1.165, 1.54) is 0 Å². The Morgan fingerprint density at radius 1 is 0.941 bits per heavy atom. The summed E-state index contributed by atoms with van der Waals surface area (Å²) in [5, 5.41) is 0. The second-order valence-electron chi connectivity index (χ2n) is 4.34. The molecular formula is C12H15BO4. The first kappa shape index (κ1) is 11.2. The molecule has 0 bridgehead atoms. The SMILES string of the molecule is CC1(c2ccc(B3OCCO3)cc2)OCCO1. The largest absolute Gasteiger partial charge is 0.494 e. The number of benzene rings is 1. The summed E-state index contributed by atoms with van der Waals surface area (Å²) in [4.78, 5) is 0. The molecule has 2 heterocycles. The highest BCUT2D eigenvalue weighted by Crippen LogP contribution is 2.30. The fraction of sp³-hybridized carbons (Fsp3) is 0.500. The Bertz CT molecular complexity index is 380. The standard InChI is InChI=1S/C12H15BO4/c1-12(14-6-7-15-12)10-2-4-11(5-3-10)13-16-8-9-17-13/h2-5H,6-9H2,1H3. The van der Waals surface area contributed by atoms with Crippen molar-refractivity contribution < 1.29 is 18.8 Å². The fourth-order valence-electron chi connectivity index (χ4n) is 2.18. The van der Waals surface area contributed by atoms with Gasteiger partial charge in [0.2, 0.25) is 0 Å². The number of hydrogen-bond acceptors (Lipinski definition) is 4. The Balaban J connectivity index is 1.79. The summed E-state index contributed by atoms with van der Waals surface area (Å²) in [5.74, 6) is -0.601. The van der Waals surface area contributed by atoms with Crippen molar-refractivity contribution in [2.75, 3.05) is 26.4 Å². The third-order valence-corrected chi connectivity index (χ3v) is 3.17. The molecule has 0 aliphatic carbocycles. The van der Waals surface area contributed by atoms with Gasteiger partial charge in [0.15, 0.2) is 5.79 Å². The highest BCUT2D eigenvalue weighted by atomic mass is 16.7. The maximum Gasteiger partial charge on any atom is 0.494 e. The van der Waals surface area contributed by atoms with E-state index in [1.54, 1.807) is 0 Å². The van der Waals surface area contributed by atoms with Gasteiger partial charge in [0.1, 0.15) is 0 Å². The monoisotopic (exact) mass is 234 g/mol. The molecule has 2 saturated heterocycles. The minimum atomic E-state index is -0.601. The van der Waals surface area contributed by atoms with Gasteiger partial charge in [-0.05, 0) is 12.4 Å². The molecule has 90 valence electrons. The van der Waals surface area contributed by atoms with E-state index in [9.17, 15) is 0 Å². The Morgan fingerprint density at radius 2 is 1.53 bits per heavy atom. The molecule has 1 aromatic carbocycles. The summed E-state index contributed by atoms with van der Waals surface area (Å²) in [6.07, 6.45) is 0. The maximum atomic E-state index is 5.61. The first-order valence-electron chi connectivity index (χ1n) is 5.89. The van der Waals surface area contributed by atoms with E-state index in [-0.39, 0.29) is 7.12 Å². The smallest absolute Gasteiger partial charge is 0.405 e. The van der Waals surface area contributed by atoms with Gasteiger partial charge in [0.25, 0.3) is 0 Å². The van der Waals surface area contributed by atoms with Crippen LogP contribution < -0.4 is 5.46 Å². The predicted molar refractivity (Wildman–Crippen MR) is 63.0 cm³/mol. The Labute approximate surface area is 101 Å². The molecular weight excluding hydrogens is 219 g/mol. The van der Waals surface area contributed by atoms with Crippen LogP contribution in [0.5, 0.6) is 0 Å². The summed E-state index contributed by atoms with van der Waals surface area (Å²) in [6.45, 7) is 4.56. The molecule has 0 unspecified atom stereocenters. The predicted octanol–water partition coefficient (Wildman–Crippen LogP) is 0.648. The van der Waals surface area contributed by atoms with Gasteiger partial charge in [-0.15, -0.1) is 0 Å². The van der Waals surface area contributed by atoms with Gasteiger partial charge < -0.3 is 18.8 Å². The van der Waals surface area contributed by atoms with Crippen LogP contribution in [-0.4, -0.2) is 33.5 Å². The van der Waals surface area contributed by atoms with Crippen molar-refractivity contribution in [1.29, 1.82) is 0 Å². The Hall–Kier alpha value is -0.875. The molecule has 0 N–H and O–H groups in total. The van der Waals surface area contributed by atoms with Gasteiger partial charge in [0, 0.05) is 5.56 Å². The molecule has 4 nitrogen and oxygen atoms in total. The van der Waals surface area contributed by atoms with Gasteiger partial charge in [-0.3, -0.25) is 0 Å². The molecule has 0 amide bonds. The van der Waals surface area contributed by atoms with E-state index >= 15 is 0 Å². The van der Waals surface area contributed by atoms with E-state index in [2.05, 4.69) is 0 Å². The van der Waals surface area contributed by atoms with E-state index in [4.69, 9.17) is 18.8 Å². The summed E-state index contributed by atoms with van der Waals surface area (Å²) in [5.41, 5.74) is 2.06. The lowest BCUT2D eigenvalue weighted by molar-refractivity contribution is -0.149. The van der Waals surface area contributed by atoms with Crippen LogP contribution in [0.2, 0.25) is 0 Å². The summed E-state index contributed by atoms with van der Waals surface area (Å²) in [6, 6.07) is 8.01. The first-order valence-corrected chi connectivity index (χ1v) is 5.89. The third-order valence-electron chi connectivity index (χ3n) is 3.17. The summed E-state index contributed by atoms with van der Waals surface area (Å²) < 4.78 is 22.1. The van der Waals surface area contributed by atoms with Crippen molar-refractivity contribution >= 4 is 12.6 Å². The van der Waals surface area contributed by atoms with Crippen LogP contribution in [0.25, 0.3) is 0 Å². The van der Waals surface area contributed by atoms with Gasteiger partial charge in [-0.25, -0.2) is 0 Å². The van der Waals surface area contributed by atoms with Crippen molar-refractivity contribution in [2.45, 2.75) is 12.7 Å². The van der Waals surface area contributed by atoms with Crippen molar-refractivity contribution in [3.05, 3.63) is 29.8 Å². The van der Waals surface area contributed by atoms with E-state index in [1.807, 2.05) is 31.2 Å². The molecule has 0 spiro atoms. The third kappa shape index (κ3) is 2.11. The highest BCUT2D eigenvalue weighted by molar-refractivity contribution is 6.61. The molecule has 0 saturated carbocycles. The van der Waals surface area contributed by atoms with Crippen LogP contribution in [0.15, 0.2) is 24.3 Å². The Morgan fingerprint density at radius 3 is 2.12 bits per heavy atom. The maximum absolute atomic E-state index is 5.61. The molecule has 0 atom stereocenters. The molecule has 2 fully saturated rings. The lowest BCUT2D eigenvalue weighted by atomic mass is 9.79. The van der Waals surface area contributed by atoms with Crippen LogP contribution in [-0.2, 0) is 24.6 Å². The minimum Gasteiger partial charge on any atom is -0.405 e. The van der Waals surface area contributed by atoms with Crippen LogP contribution in [0.3, 0.4) is 0 Å². The molecule has 2 aliphatic rings. The fourth-order valence-corrected chi connectivity index (χ4v) is 2.18. The van der Waals surface area contributed by atoms with Gasteiger partial charge >= 0.3 is 7.12 Å². The zero-order chi connectivity index (χ0) is 11.7. The zero-order valence-corrected chi connectivity index (χ0v) is 9.85. The number of rotatable bonds is 2. The van der Waals surface area contributed by atoms with Crippen LogP contribution in [0, 0.1) is 0 Å². The average Bonchev–Trinajstić information content (AvgIpc) is 3.01. The van der Waals surface area contributed by atoms with E-state index < -0.39 is 5.79 Å². The summed E-state index contributed by atoms with van der Waals surface area (Å²) in [7, 11) is -0.220. The number of hydrogen-bond donors (Lipinski definition) is 0. The van der Waals surface area contributed by atoms with Crippen molar-refractivity contribution in [3.63, 3.8) is 0 Å². The topological polar surface area (TPSA) is 36.9 Å². The lowest BCUT2D eigenvalue weighted by Gasteiger charge is -2.22. The molecule has 2 aliphatic heterocycles. The highest BCUT2D eigenvalue weighted by Gasteiger charge is 2.33. The Kier molecular flexibility index (Phi) is 2.92. The molecule has 1 aromatic rings. The average molecular weight is 234 g/mol. The second kappa shape index (κ2) is 4.42. The van der Waals surface area contributed by atoms with Crippen LogP contribution in [0.1, 0.15) is 12.5 Å². The second-order valence-corrected chi connectivity index (χ2v) is 4.34. The molecule has 3 rings (SSSR count). The normalized spacial score (nSPS) is 23.2. The lowest BCUT2D eigenvalue weighted by Crippen LogP contribution is -2.32. The van der Waals surface area contributed by atoms with Crippen molar-refractivity contribution in [2.24, 2.45) is 0 Å². The van der Waals surface area contributed by atoms with Crippen LogP contribution in [0.4, 0.5) is 0 Å². The molecule has 17 heavy (non-hydrogen) atoms. The van der Waals surface area contributed by atoms with Gasteiger partial charge in [-0.1, -0.05) is 24.3 Å². The zero-order valence-electron chi connectivity index (χ0n) is 9.85. The van der Waals surface area contributed by atoms with Crippen LogP contribution >= 0.6 is 0 Å². The molecule has 5 heteroatoms. The minimum absolute atomic E-state index is 0.220. The van der Waals surface area contributed by atoms with Crippen molar-refractivity contribution in [3.8, 4) is 0 Å². The van der Waals surface area contributed by atoms with Crippen molar-refractivity contribution in [1.82, 2.24) is 0 Å². The first-order chi connectivity index (χ1) is 8.28. The van der Waals surface area contributed by atoms with Gasteiger partial charge in [0.05, 0.1) is 26.4 Å². The quantitative estimate of drug-likeness (QED) is 0.704. The van der Waals surface area contributed by atoms with E-state index in [0.717, 1.165) is 11.0 Å². The molecule has 0 aromatic heterocycles. The summed E-state index contributed by atoms with van der Waals surface area (Å²) >= 11 is 0. The van der Waals surface area contributed by atoms with E-state index in [0.29, 0.717) is 26.4 Å². The molecule has 0 radical (unpaired) electrons. The van der Waals surface area contributed by atoms with Gasteiger partial charge in [-0.2, -0.15) is 0 Å². The number of ether oxygens (including phenoxy) is 2.